The van der Waals surface area contributed by atoms with Crippen molar-refractivity contribution in [2.75, 3.05) is 54.6 Å². The van der Waals surface area contributed by atoms with E-state index < -0.39 is 142 Å². The number of amides is 4. The second-order valence-corrected chi connectivity index (χ2v) is 32.7. The Morgan fingerprint density at radius 2 is 1.50 bits per heavy atom. The zero-order chi connectivity index (χ0) is 77.5. The molecule has 3 heterocycles. The number of nitrogens with one attached hydrogen (secondary N) is 3. The number of piperidine rings is 1. The predicted octanol–water partition coefficient (Wildman–Crippen LogP) is 8.41. The maximum Gasteiger partial charge on any atom is 0.407 e. The molecule has 7 N–H and O–H groups in total. The zero-order valence-corrected chi connectivity index (χ0v) is 65.1. The van der Waals surface area contributed by atoms with Crippen molar-refractivity contribution < 1.29 is 95.6 Å². The van der Waals surface area contributed by atoms with Crippen LogP contribution in [0.2, 0.25) is 0 Å². The van der Waals surface area contributed by atoms with E-state index in [1.807, 2.05) is 70.2 Å². The molecule has 0 aromatic heterocycles. The van der Waals surface area contributed by atoms with E-state index in [-0.39, 0.29) is 106 Å². The Morgan fingerprint density at radius 1 is 0.829 bits per heavy atom. The molecule has 0 spiro atoms. The van der Waals surface area contributed by atoms with Gasteiger partial charge in [-0.1, -0.05) is 94.8 Å². The average Bonchev–Trinajstić information content (AvgIpc) is 0.837. The first-order valence-electron chi connectivity index (χ1n) is 37.5. The Labute approximate surface area is 622 Å². The standard InChI is InChI=1S/C79H121N5O20S/c1-49(2)47-83(105(96,97)59-34-32-58(98-11)33-35-59)48-66(88)61(44-55-25-17-15-18-26-55)82-74(91)60(28-21-23-37-80-77(94)104-78(8,9)10)81-70(89)30-20-16-19-27-57-40-50(3)39-51(4)41-68(100-13)72-69(101-14)43-53(6)79(95,103-72)73(90)75(92)84-38-24-22-29-62(84)76(93)102-71(54(7)64(86)46-65(57)87)52(5)42-56-31-36-63(85)67(45-56)99-12/h15-19,25-26,32-35,40,42,49,51,53-54,56-57,60-64,66-69,71-72,85-86,88,95H,20-24,27-31,36-39,41,43-48H2,1-14H3,(H,80,94)(H,81,89)(H,82,91)/b19-16+,50-40+,52-42+/t51-,53+,54+,56-,57+,60?,61-,62-,63+,64-,66+,67+,68-,69-,71+,72+,79+/m0/s1. The molecule has 1 aliphatic carbocycles. The Balaban J connectivity index is 1.28. The van der Waals surface area contributed by atoms with Gasteiger partial charge < -0.3 is 74.4 Å². The monoisotopic (exact) mass is 1490 g/mol. The lowest BCUT2D eigenvalue weighted by atomic mass is 9.81. The highest BCUT2D eigenvalue weighted by Crippen LogP contribution is 2.40. The molecule has 6 rings (SSSR count). The van der Waals surface area contributed by atoms with Gasteiger partial charge in [-0.25, -0.2) is 18.0 Å². The number of unbranched alkanes of at least 4 members (excludes halogenated alkanes) is 1. The Bertz CT molecular complexity index is 3360. The summed E-state index contributed by atoms with van der Waals surface area (Å²) in [6.45, 7) is 17.8. The number of carbonyl (C=O) groups is 7. The molecule has 1 unspecified atom stereocenters. The van der Waals surface area contributed by atoms with Crippen molar-refractivity contribution in [3.63, 3.8) is 0 Å². The molecule has 105 heavy (non-hydrogen) atoms. The van der Waals surface area contributed by atoms with Crippen LogP contribution in [0.15, 0.2) is 94.9 Å². The highest BCUT2D eigenvalue weighted by atomic mass is 32.2. The SMILES string of the molecule is COc1ccc(S(=O)(=O)N(CC(C)C)C[C@@H](O)[C@H](Cc2ccccc2)NC(=O)C(CCCCNC(=O)OC(C)(C)C)NC(=O)CC/C=C/C[C@@H]2/C=C(\C)C[C@H](C)C[C@H](OC)[C@H]3O[C@@](O)(C(=O)C(=O)N4CCCC[C@H]4C(=O)O[C@H](/C(C)=C/[C@@H]4CC[C@@H](O)[C@H](OC)C4)[C@H](C)[C@@H](O)CC2=O)[C@H](C)C[C@@H]3OC)cc1. The largest absolute Gasteiger partial charge is 0.497 e. The number of fused-ring (bicyclic) bond motifs is 3. The van der Waals surface area contributed by atoms with Crippen LogP contribution in [0.5, 0.6) is 5.75 Å². The molecule has 3 aliphatic heterocycles. The van der Waals surface area contributed by atoms with Gasteiger partial charge in [-0.05, 0) is 184 Å². The number of hydrogen-bond acceptors (Lipinski definition) is 20. The van der Waals surface area contributed by atoms with Crippen LogP contribution in [-0.4, -0.2) is 212 Å². The molecule has 4 aliphatic rings. The van der Waals surface area contributed by atoms with Gasteiger partial charge in [0, 0.05) is 78.1 Å². The summed E-state index contributed by atoms with van der Waals surface area (Å²) in [6.07, 6.45) is 3.52. The second-order valence-electron chi connectivity index (χ2n) is 30.8. The molecule has 25 nitrogen and oxygen atoms in total. The maximum atomic E-state index is 15.0. The van der Waals surface area contributed by atoms with Crippen molar-refractivity contribution in [2.24, 2.45) is 35.5 Å². The third-order valence-electron chi connectivity index (χ3n) is 20.5. The van der Waals surface area contributed by atoms with E-state index in [4.69, 9.17) is 33.2 Å². The number of alkyl carbamates (subject to hydrolysis) is 1. The summed E-state index contributed by atoms with van der Waals surface area (Å²) in [4.78, 5) is 101. The zero-order valence-electron chi connectivity index (χ0n) is 64.3. The molecule has 2 aromatic rings. The fraction of sp³-hybridized carbons (Fsp3) is 0.684. The predicted molar refractivity (Wildman–Crippen MR) is 395 cm³/mol. The number of ether oxygens (including phenoxy) is 7. The number of hydrogen-bond donors (Lipinski definition) is 7. The van der Waals surface area contributed by atoms with Crippen LogP contribution >= 0.6 is 0 Å². The molecule has 17 atom stereocenters. The number of methoxy groups -OCH3 is 4. The first-order valence-corrected chi connectivity index (χ1v) is 38.9. The van der Waals surface area contributed by atoms with Crippen LogP contribution in [0.25, 0.3) is 0 Å². The minimum Gasteiger partial charge on any atom is -0.497 e. The third kappa shape index (κ3) is 25.9. The number of aliphatic hydroxyl groups is 4. The van der Waals surface area contributed by atoms with Crippen molar-refractivity contribution in [3.05, 3.63) is 95.6 Å². The number of Topliss-reactive ketones (excluding diaryl/α,β-unsaturated/α-hetero) is 2. The van der Waals surface area contributed by atoms with Gasteiger partial charge in [-0.2, -0.15) is 4.31 Å². The van der Waals surface area contributed by atoms with Crippen molar-refractivity contribution in [3.8, 4) is 5.75 Å². The fourth-order valence-electron chi connectivity index (χ4n) is 14.7. The van der Waals surface area contributed by atoms with E-state index in [1.54, 1.807) is 53.7 Å². The lowest BCUT2D eigenvalue weighted by Gasteiger charge is -2.47. The molecule has 2 aromatic carbocycles. The van der Waals surface area contributed by atoms with Crippen LogP contribution in [0, 0.1) is 35.5 Å². The molecule has 3 fully saturated rings. The summed E-state index contributed by atoms with van der Waals surface area (Å²) < 4.78 is 70.8. The number of benzene rings is 2. The van der Waals surface area contributed by atoms with Crippen molar-refractivity contribution in [1.82, 2.24) is 25.2 Å². The first-order chi connectivity index (χ1) is 49.6. The number of esters is 1. The Hall–Kier alpha value is -6.46. The smallest absolute Gasteiger partial charge is 0.407 e. The number of sulfonamides is 1. The lowest BCUT2D eigenvalue weighted by Crippen LogP contribution is -2.64. The number of cyclic esters (lactones) is 1. The number of rotatable bonds is 28. The maximum absolute atomic E-state index is 15.0. The van der Waals surface area contributed by atoms with Crippen LogP contribution < -0.4 is 20.7 Å². The topological polar surface area (TPSA) is 342 Å². The first kappa shape index (κ1) is 87.5. The van der Waals surface area contributed by atoms with Crippen LogP contribution in [0.1, 0.15) is 178 Å². The summed E-state index contributed by atoms with van der Waals surface area (Å²) >= 11 is 0. The third-order valence-corrected chi connectivity index (χ3v) is 22.4. The molecular weight excluding hydrogens is 1370 g/mol. The number of carbonyl (C=O) groups excluding carboxylic acids is 7. The van der Waals surface area contributed by atoms with Crippen molar-refractivity contribution >= 4 is 51.4 Å². The average molecular weight is 1490 g/mol. The van der Waals surface area contributed by atoms with Crippen LogP contribution in [0.4, 0.5) is 4.79 Å². The van der Waals surface area contributed by atoms with Gasteiger partial charge in [0.15, 0.2) is 0 Å². The molecule has 2 bridgehead atoms. The number of aliphatic hydroxyl groups excluding tert-OH is 3. The molecule has 2 saturated heterocycles. The highest BCUT2D eigenvalue weighted by Gasteiger charge is 2.57. The van der Waals surface area contributed by atoms with Gasteiger partial charge >= 0.3 is 12.1 Å². The molecule has 4 amide bonds. The van der Waals surface area contributed by atoms with Gasteiger partial charge in [-0.3, -0.25) is 24.0 Å². The van der Waals surface area contributed by atoms with Gasteiger partial charge in [-0.15, -0.1) is 0 Å². The lowest BCUT2D eigenvalue weighted by molar-refractivity contribution is -0.302. The van der Waals surface area contributed by atoms with E-state index >= 15 is 0 Å². The van der Waals surface area contributed by atoms with Crippen LogP contribution in [-0.2, 0) is 73.6 Å². The van der Waals surface area contributed by atoms with Crippen molar-refractivity contribution in [2.45, 2.75) is 262 Å². The summed E-state index contributed by atoms with van der Waals surface area (Å²) in [5, 5.41) is 56.1. The van der Waals surface area contributed by atoms with Gasteiger partial charge in [0.2, 0.25) is 27.6 Å². The van der Waals surface area contributed by atoms with Gasteiger partial charge in [0.05, 0.1) is 54.7 Å². The molecular formula is C79H121N5O20S. The summed E-state index contributed by atoms with van der Waals surface area (Å²) in [7, 11) is 1.81. The van der Waals surface area contributed by atoms with Crippen molar-refractivity contribution in [1.29, 1.82) is 0 Å². The summed E-state index contributed by atoms with van der Waals surface area (Å²) in [5.74, 6) is -9.85. The molecule has 26 heteroatoms. The van der Waals surface area contributed by atoms with Crippen LogP contribution in [0.3, 0.4) is 0 Å². The fourth-order valence-corrected chi connectivity index (χ4v) is 16.3. The summed E-state index contributed by atoms with van der Waals surface area (Å²) in [6, 6.07) is 11.6. The van der Waals surface area contributed by atoms with E-state index in [9.17, 15) is 62.4 Å². The highest BCUT2D eigenvalue weighted by molar-refractivity contribution is 7.89. The van der Waals surface area contributed by atoms with E-state index in [1.165, 1.54) is 57.0 Å². The van der Waals surface area contributed by atoms with E-state index in [2.05, 4.69) is 16.0 Å². The number of ketones is 2. The number of nitrogens with zero attached hydrogens (tertiary/aromatic N) is 2. The second kappa shape index (κ2) is 41.2. The Kier molecular flexibility index (Phi) is 34.3. The molecule has 0 radical (unpaired) electrons. The van der Waals surface area contributed by atoms with Gasteiger partial charge in [0.25, 0.3) is 11.7 Å². The minimum absolute atomic E-state index is 0.00808. The molecule has 1 saturated carbocycles. The van der Waals surface area contributed by atoms with E-state index in [0.29, 0.717) is 69.1 Å². The summed E-state index contributed by atoms with van der Waals surface area (Å²) in [5.41, 5.74) is 1.39. The quantitative estimate of drug-likeness (QED) is 0.0182. The molecule has 588 valence electrons. The van der Waals surface area contributed by atoms with Gasteiger partial charge in [0.1, 0.15) is 41.4 Å². The Morgan fingerprint density at radius 3 is 2.15 bits per heavy atom. The van der Waals surface area contributed by atoms with E-state index in [0.717, 1.165) is 16.0 Å². The number of allylic oxidation sites excluding steroid dienone is 5. The minimum atomic E-state index is -4.18. The normalized spacial score (nSPS) is 28.8.